The summed E-state index contributed by atoms with van der Waals surface area (Å²) in [5, 5.41) is 15.8. The van der Waals surface area contributed by atoms with Gasteiger partial charge in [-0.1, -0.05) is 17.7 Å². The molecule has 1 heterocycles. The highest BCUT2D eigenvalue weighted by molar-refractivity contribution is 7.13. The second kappa shape index (κ2) is 5.99. The number of nitrogens with zero attached hydrogens (tertiary/aromatic N) is 1. The summed E-state index contributed by atoms with van der Waals surface area (Å²) < 4.78 is 13.5. The van der Waals surface area contributed by atoms with Crippen molar-refractivity contribution >= 4 is 34.0 Å². The maximum Gasteiger partial charge on any atom is 0.183 e. The van der Waals surface area contributed by atoms with Gasteiger partial charge in [-0.2, -0.15) is 0 Å². The van der Waals surface area contributed by atoms with Crippen LogP contribution >= 0.6 is 22.9 Å². The van der Waals surface area contributed by atoms with Crippen molar-refractivity contribution in [1.29, 1.82) is 0 Å². The minimum Gasteiger partial charge on any atom is -0.550 e. The van der Waals surface area contributed by atoms with E-state index in [2.05, 4.69) is 10.3 Å². The number of aliphatic carboxylic acids is 1. The monoisotopic (exact) mass is 299 g/mol. The van der Waals surface area contributed by atoms with Gasteiger partial charge in [-0.05, 0) is 12.1 Å². The normalized spacial score (nSPS) is 10.4. The summed E-state index contributed by atoms with van der Waals surface area (Å²) in [6.45, 7) is 0.184. The van der Waals surface area contributed by atoms with Crippen molar-refractivity contribution in [2.75, 3.05) is 5.32 Å². The molecule has 0 unspecified atom stereocenters. The molecule has 100 valence electrons. The lowest BCUT2D eigenvalue weighted by molar-refractivity contribution is -0.304. The highest BCUT2D eigenvalue weighted by atomic mass is 35.5. The maximum atomic E-state index is 13.5. The first-order valence-corrected chi connectivity index (χ1v) is 6.63. The van der Waals surface area contributed by atoms with Gasteiger partial charge in [0.15, 0.2) is 5.13 Å². The minimum absolute atomic E-state index is 0.184. The Morgan fingerprint density at radius 2 is 2.32 bits per heavy atom. The number of carboxylic acids is 1. The quantitative estimate of drug-likeness (QED) is 0.915. The first-order chi connectivity index (χ1) is 9.06. The topological polar surface area (TPSA) is 65.0 Å². The number of nitrogens with one attached hydrogen (secondary N) is 1. The summed E-state index contributed by atoms with van der Waals surface area (Å²) in [6, 6.07) is 4.46. The smallest absolute Gasteiger partial charge is 0.183 e. The average molecular weight is 300 g/mol. The van der Waals surface area contributed by atoms with Crippen LogP contribution < -0.4 is 10.4 Å². The molecule has 0 amide bonds. The van der Waals surface area contributed by atoms with Gasteiger partial charge in [0.1, 0.15) is 5.82 Å². The van der Waals surface area contributed by atoms with E-state index >= 15 is 0 Å². The maximum absolute atomic E-state index is 13.5. The van der Waals surface area contributed by atoms with E-state index < -0.39 is 11.8 Å². The number of carbonyl (C=O) groups excluding carboxylic acids is 1. The SMILES string of the molecule is O=C([O-])Cc1csc(NCc2c(F)cccc2Cl)n1. The Hall–Kier alpha value is -1.66. The average Bonchev–Trinajstić information content (AvgIpc) is 2.75. The molecule has 0 saturated carbocycles. The van der Waals surface area contributed by atoms with Gasteiger partial charge in [-0.25, -0.2) is 9.37 Å². The highest BCUT2D eigenvalue weighted by Gasteiger charge is 2.08. The first kappa shape index (κ1) is 13.8. The molecule has 1 aromatic carbocycles. The number of hydrogen-bond acceptors (Lipinski definition) is 5. The molecular weight excluding hydrogens is 291 g/mol. The fourth-order valence-electron chi connectivity index (χ4n) is 1.48. The Morgan fingerprint density at radius 3 is 3.00 bits per heavy atom. The Kier molecular flexibility index (Phi) is 4.34. The molecule has 2 aromatic rings. The number of carbonyl (C=O) groups is 1. The molecule has 1 aromatic heterocycles. The molecule has 0 saturated heterocycles. The number of rotatable bonds is 5. The third-order valence-corrected chi connectivity index (χ3v) is 3.56. The van der Waals surface area contributed by atoms with Crippen LogP contribution in [0.15, 0.2) is 23.6 Å². The van der Waals surface area contributed by atoms with Crippen LogP contribution in [-0.4, -0.2) is 11.0 Å². The molecule has 1 N–H and O–H groups in total. The highest BCUT2D eigenvalue weighted by Crippen LogP contribution is 2.22. The summed E-state index contributed by atoms with van der Waals surface area (Å²) in [5.41, 5.74) is 0.757. The van der Waals surface area contributed by atoms with E-state index in [4.69, 9.17) is 11.6 Å². The van der Waals surface area contributed by atoms with E-state index in [0.717, 1.165) is 0 Å². The van der Waals surface area contributed by atoms with E-state index in [-0.39, 0.29) is 13.0 Å². The number of thiazole rings is 1. The first-order valence-electron chi connectivity index (χ1n) is 5.37. The molecule has 0 fully saturated rings. The fourth-order valence-corrected chi connectivity index (χ4v) is 2.42. The minimum atomic E-state index is -1.19. The van der Waals surface area contributed by atoms with Crippen LogP contribution in [0.4, 0.5) is 9.52 Å². The molecule has 19 heavy (non-hydrogen) atoms. The van der Waals surface area contributed by atoms with E-state index in [1.54, 1.807) is 11.4 Å². The van der Waals surface area contributed by atoms with E-state index in [1.165, 1.54) is 23.5 Å². The molecule has 0 aliphatic heterocycles. The molecule has 0 atom stereocenters. The second-order valence-electron chi connectivity index (χ2n) is 3.75. The van der Waals surface area contributed by atoms with Crippen LogP contribution in [0.2, 0.25) is 5.02 Å². The standard InChI is InChI=1S/C12H10ClFN2O2S/c13-9-2-1-3-10(14)8(9)5-15-12-16-7(6-19-12)4-11(17)18/h1-3,6H,4-5H2,(H,15,16)(H,17,18)/p-1. The van der Waals surface area contributed by atoms with Crippen molar-refractivity contribution in [2.24, 2.45) is 0 Å². The van der Waals surface area contributed by atoms with Gasteiger partial charge >= 0.3 is 0 Å². The third-order valence-electron chi connectivity index (χ3n) is 2.36. The molecule has 7 heteroatoms. The predicted octanol–water partition coefficient (Wildman–Crippen LogP) is 1.84. The van der Waals surface area contributed by atoms with Crippen molar-refractivity contribution in [3.63, 3.8) is 0 Å². The van der Waals surface area contributed by atoms with Crippen molar-refractivity contribution in [3.05, 3.63) is 45.7 Å². The van der Waals surface area contributed by atoms with Gasteiger partial charge in [0.2, 0.25) is 0 Å². The molecule has 0 bridgehead atoms. The number of benzene rings is 1. The zero-order chi connectivity index (χ0) is 13.8. The molecule has 0 aliphatic carbocycles. The predicted molar refractivity (Wildman–Crippen MR) is 69.6 cm³/mol. The van der Waals surface area contributed by atoms with E-state index in [0.29, 0.717) is 21.4 Å². The van der Waals surface area contributed by atoms with Crippen LogP contribution in [0.5, 0.6) is 0 Å². The Bertz CT molecular complexity index is 583. The Morgan fingerprint density at radius 1 is 1.53 bits per heavy atom. The number of halogens is 2. The number of hydrogen-bond donors (Lipinski definition) is 1. The molecule has 2 rings (SSSR count). The molecule has 0 radical (unpaired) electrons. The number of carboxylic acid groups (broad SMARTS) is 1. The van der Waals surface area contributed by atoms with Crippen LogP contribution in [0.1, 0.15) is 11.3 Å². The lowest BCUT2D eigenvalue weighted by Crippen LogP contribution is -2.24. The summed E-state index contributed by atoms with van der Waals surface area (Å²) in [5.74, 6) is -1.58. The van der Waals surface area contributed by atoms with E-state index in [1.807, 2.05) is 0 Å². The van der Waals surface area contributed by atoms with Gasteiger partial charge in [0.25, 0.3) is 0 Å². The largest absolute Gasteiger partial charge is 0.550 e. The van der Waals surface area contributed by atoms with Crippen LogP contribution in [0.3, 0.4) is 0 Å². The fraction of sp³-hybridized carbons (Fsp3) is 0.167. The lowest BCUT2D eigenvalue weighted by atomic mass is 10.2. The zero-order valence-electron chi connectivity index (χ0n) is 9.65. The van der Waals surface area contributed by atoms with Gasteiger partial charge in [0.05, 0.1) is 5.69 Å². The van der Waals surface area contributed by atoms with Crippen molar-refractivity contribution in [1.82, 2.24) is 4.98 Å². The van der Waals surface area contributed by atoms with Crippen LogP contribution in [0, 0.1) is 5.82 Å². The zero-order valence-corrected chi connectivity index (χ0v) is 11.2. The summed E-state index contributed by atoms with van der Waals surface area (Å²) in [4.78, 5) is 14.5. The molecule has 0 aliphatic rings. The van der Waals surface area contributed by atoms with Gasteiger partial charge < -0.3 is 15.2 Å². The van der Waals surface area contributed by atoms with Crippen molar-refractivity contribution in [2.45, 2.75) is 13.0 Å². The number of aromatic nitrogens is 1. The molecule has 0 spiro atoms. The van der Waals surface area contributed by atoms with Crippen molar-refractivity contribution in [3.8, 4) is 0 Å². The van der Waals surface area contributed by atoms with Crippen molar-refractivity contribution < 1.29 is 14.3 Å². The number of anilines is 1. The third kappa shape index (κ3) is 3.65. The van der Waals surface area contributed by atoms with Gasteiger partial charge in [-0.15, -0.1) is 11.3 Å². The summed E-state index contributed by atoms with van der Waals surface area (Å²) in [6.07, 6.45) is -0.237. The van der Waals surface area contributed by atoms with Gasteiger partial charge in [-0.3, -0.25) is 0 Å². The summed E-state index contributed by atoms with van der Waals surface area (Å²) >= 11 is 7.13. The molecular formula is C12H9ClFN2O2S-. The van der Waals surface area contributed by atoms with Gasteiger partial charge in [0, 0.05) is 34.9 Å². The summed E-state index contributed by atoms with van der Waals surface area (Å²) in [7, 11) is 0. The van der Waals surface area contributed by atoms with Crippen LogP contribution in [-0.2, 0) is 17.8 Å². The Labute approximate surface area is 117 Å². The Balaban J connectivity index is 2.02. The molecule has 4 nitrogen and oxygen atoms in total. The van der Waals surface area contributed by atoms with E-state index in [9.17, 15) is 14.3 Å². The second-order valence-corrected chi connectivity index (χ2v) is 5.01. The lowest BCUT2D eigenvalue weighted by Gasteiger charge is -2.06. The van der Waals surface area contributed by atoms with Crippen LogP contribution in [0.25, 0.3) is 0 Å².